The van der Waals surface area contributed by atoms with Gasteiger partial charge < -0.3 is 9.15 Å². The van der Waals surface area contributed by atoms with Crippen molar-refractivity contribution in [2.45, 2.75) is 20.0 Å². The first kappa shape index (κ1) is 7.60. The lowest BCUT2D eigenvalue weighted by Crippen LogP contribution is -2.05. The van der Waals surface area contributed by atoms with E-state index >= 15 is 0 Å². The van der Waals surface area contributed by atoms with Crippen molar-refractivity contribution in [1.29, 1.82) is 0 Å². The van der Waals surface area contributed by atoms with Gasteiger partial charge in [0.05, 0.1) is 6.10 Å². The van der Waals surface area contributed by atoms with Crippen molar-refractivity contribution in [3.05, 3.63) is 10.9 Å². The van der Waals surface area contributed by atoms with Crippen LogP contribution in [0, 0.1) is 0 Å². The van der Waals surface area contributed by atoms with Gasteiger partial charge >= 0.3 is 6.08 Å². The highest BCUT2D eigenvalue weighted by molar-refractivity contribution is 9.10. The molecule has 0 saturated carbocycles. The van der Waals surface area contributed by atoms with E-state index in [1.807, 2.05) is 13.8 Å². The Balaban J connectivity index is 2.58. The molecule has 1 aromatic heterocycles. The number of nitrogens with zero attached hydrogens (tertiary/aromatic N) is 1. The van der Waals surface area contributed by atoms with Gasteiger partial charge in [-0.3, -0.25) is 0 Å². The van der Waals surface area contributed by atoms with Gasteiger partial charge in [0.2, 0.25) is 0 Å². The molecule has 1 heterocycles. The average Bonchev–Trinajstić information content (AvgIpc) is 2.13. The van der Waals surface area contributed by atoms with Crippen molar-refractivity contribution < 1.29 is 9.15 Å². The lowest BCUT2D eigenvalue weighted by Gasteiger charge is -2.01. The molecule has 0 spiro atoms. The number of hydrogen-bond acceptors (Lipinski definition) is 3. The Hall–Kier alpha value is -0.510. The van der Waals surface area contributed by atoms with E-state index in [2.05, 4.69) is 20.9 Å². The molecule has 0 aliphatic carbocycles. The number of aromatic nitrogens is 1. The minimum absolute atomic E-state index is 0.102. The maximum Gasteiger partial charge on any atom is 0.394 e. The van der Waals surface area contributed by atoms with E-state index in [1.165, 1.54) is 6.26 Å². The summed E-state index contributed by atoms with van der Waals surface area (Å²) in [5.74, 6) is 0. The molecular formula is C6H8BrNO2. The van der Waals surface area contributed by atoms with Crippen molar-refractivity contribution in [1.82, 2.24) is 4.98 Å². The Morgan fingerprint density at radius 3 is 2.80 bits per heavy atom. The Labute approximate surface area is 67.5 Å². The van der Waals surface area contributed by atoms with Crippen LogP contribution in [0.5, 0.6) is 6.08 Å². The summed E-state index contributed by atoms with van der Waals surface area (Å²) in [6.45, 7) is 3.83. The quantitative estimate of drug-likeness (QED) is 0.744. The van der Waals surface area contributed by atoms with Crippen LogP contribution in [0.15, 0.2) is 15.3 Å². The molecule has 4 heteroatoms. The Kier molecular flexibility index (Phi) is 2.32. The number of halogens is 1. The second-order valence-corrected chi connectivity index (χ2v) is 2.92. The van der Waals surface area contributed by atoms with Crippen LogP contribution in [-0.4, -0.2) is 11.1 Å². The van der Waals surface area contributed by atoms with Crippen molar-refractivity contribution in [2.75, 3.05) is 0 Å². The highest BCUT2D eigenvalue weighted by Crippen LogP contribution is 2.15. The molecule has 0 saturated heterocycles. The smallest absolute Gasteiger partial charge is 0.394 e. The van der Waals surface area contributed by atoms with Crippen LogP contribution in [0.2, 0.25) is 0 Å². The van der Waals surface area contributed by atoms with Crippen LogP contribution >= 0.6 is 15.9 Å². The third-order valence-corrected chi connectivity index (χ3v) is 1.16. The third kappa shape index (κ3) is 2.02. The zero-order chi connectivity index (χ0) is 7.56. The van der Waals surface area contributed by atoms with E-state index < -0.39 is 0 Å². The van der Waals surface area contributed by atoms with Gasteiger partial charge in [-0.05, 0) is 29.8 Å². The normalized spacial score (nSPS) is 10.4. The molecule has 1 rings (SSSR count). The molecule has 0 atom stereocenters. The minimum atomic E-state index is 0.102. The lowest BCUT2D eigenvalue weighted by molar-refractivity contribution is 0.176. The summed E-state index contributed by atoms with van der Waals surface area (Å²) in [7, 11) is 0. The van der Waals surface area contributed by atoms with E-state index in [4.69, 9.17) is 9.15 Å². The van der Waals surface area contributed by atoms with Crippen LogP contribution in [0.4, 0.5) is 0 Å². The molecule has 1 aromatic rings. The summed E-state index contributed by atoms with van der Waals surface area (Å²) in [6, 6.07) is 0. The molecule has 0 aliphatic heterocycles. The van der Waals surface area contributed by atoms with E-state index in [9.17, 15) is 0 Å². The summed E-state index contributed by atoms with van der Waals surface area (Å²) in [5.41, 5.74) is 0. The summed E-state index contributed by atoms with van der Waals surface area (Å²) in [5, 5.41) is 0. The van der Waals surface area contributed by atoms with Gasteiger partial charge in [-0.1, -0.05) is 0 Å². The maximum absolute atomic E-state index is 5.13. The van der Waals surface area contributed by atoms with Gasteiger partial charge in [-0.2, -0.15) is 4.98 Å². The second-order valence-electron chi connectivity index (χ2n) is 2.10. The van der Waals surface area contributed by atoms with Gasteiger partial charge in [-0.15, -0.1) is 0 Å². The van der Waals surface area contributed by atoms with Crippen LogP contribution in [0.1, 0.15) is 13.8 Å². The number of ether oxygens (including phenoxy) is 1. The van der Waals surface area contributed by atoms with Crippen molar-refractivity contribution in [3.8, 4) is 6.08 Å². The first-order valence-corrected chi connectivity index (χ1v) is 3.75. The molecule has 56 valence electrons. The molecule has 0 aliphatic rings. The van der Waals surface area contributed by atoms with E-state index in [1.54, 1.807) is 0 Å². The van der Waals surface area contributed by atoms with Gasteiger partial charge in [0.25, 0.3) is 0 Å². The molecule has 0 fully saturated rings. The van der Waals surface area contributed by atoms with Gasteiger partial charge in [0, 0.05) is 0 Å². The fraction of sp³-hybridized carbons (Fsp3) is 0.500. The fourth-order valence-corrected chi connectivity index (χ4v) is 0.733. The predicted octanol–water partition coefficient (Wildman–Crippen LogP) is 2.22. The van der Waals surface area contributed by atoms with Crippen LogP contribution in [-0.2, 0) is 0 Å². The number of oxazole rings is 1. The third-order valence-electron chi connectivity index (χ3n) is 0.792. The van der Waals surface area contributed by atoms with E-state index in [-0.39, 0.29) is 6.10 Å². The zero-order valence-electron chi connectivity index (χ0n) is 5.80. The molecule has 10 heavy (non-hydrogen) atoms. The summed E-state index contributed by atoms with van der Waals surface area (Å²) in [6.07, 6.45) is 1.89. The second kappa shape index (κ2) is 3.05. The largest absolute Gasteiger partial charge is 0.447 e. The first-order chi connectivity index (χ1) is 4.68. The topological polar surface area (TPSA) is 35.3 Å². The molecule has 0 aromatic carbocycles. The molecular weight excluding hydrogens is 198 g/mol. The lowest BCUT2D eigenvalue weighted by atomic mass is 10.5. The van der Waals surface area contributed by atoms with E-state index in [0.717, 1.165) is 0 Å². The molecule has 0 unspecified atom stereocenters. The van der Waals surface area contributed by atoms with Crippen molar-refractivity contribution in [2.24, 2.45) is 0 Å². The van der Waals surface area contributed by atoms with Gasteiger partial charge in [0.15, 0.2) is 0 Å². The van der Waals surface area contributed by atoms with Crippen LogP contribution in [0.3, 0.4) is 0 Å². The van der Waals surface area contributed by atoms with E-state index in [0.29, 0.717) is 10.7 Å². The minimum Gasteiger partial charge on any atom is -0.447 e. The number of rotatable bonds is 2. The summed E-state index contributed by atoms with van der Waals surface area (Å²) < 4.78 is 10.7. The molecule has 0 radical (unpaired) electrons. The molecule has 0 amide bonds. The van der Waals surface area contributed by atoms with Crippen LogP contribution < -0.4 is 4.74 Å². The SMILES string of the molecule is CC(C)Oc1nc(Br)co1. The highest BCUT2D eigenvalue weighted by Gasteiger charge is 2.03. The monoisotopic (exact) mass is 205 g/mol. The standard InChI is InChI=1S/C6H8BrNO2/c1-4(2)10-6-8-5(7)3-9-6/h3-4H,1-2H3. The summed E-state index contributed by atoms with van der Waals surface area (Å²) in [4.78, 5) is 3.88. The van der Waals surface area contributed by atoms with Crippen molar-refractivity contribution in [3.63, 3.8) is 0 Å². The predicted molar refractivity (Wildman–Crippen MR) is 40.0 cm³/mol. The van der Waals surface area contributed by atoms with Crippen molar-refractivity contribution >= 4 is 15.9 Å². The molecule has 3 nitrogen and oxygen atoms in total. The molecule has 0 N–H and O–H groups in total. The highest BCUT2D eigenvalue weighted by atomic mass is 79.9. The van der Waals surface area contributed by atoms with Gasteiger partial charge in [0.1, 0.15) is 10.9 Å². The Morgan fingerprint density at radius 2 is 2.40 bits per heavy atom. The number of hydrogen-bond donors (Lipinski definition) is 0. The van der Waals surface area contributed by atoms with Crippen LogP contribution in [0.25, 0.3) is 0 Å². The molecule has 0 bridgehead atoms. The Morgan fingerprint density at radius 1 is 1.70 bits per heavy atom. The Bertz CT molecular complexity index is 209. The zero-order valence-corrected chi connectivity index (χ0v) is 7.38. The first-order valence-electron chi connectivity index (χ1n) is 2.96. The summed E-state index contributed by atoms with van der Waals surface area (Å²) >= 11 is 3.14. The maximum atomic E-state index is 5.13. The fourth-order valence-electron chi connectivity index (χ4n) is 0.495. The average molecular weight is 206 g/mol. The van der Waals surface area contributed by atoms with Gasteiger partial charge in [-0.25, -0.2) is 0 Å².